The SMILES string of the molecule is CCN(CCCNC(=NC)NCc1cccc(-c2ncn[nH]2)c1)c1ccccc1.I. The van der Waals surface area contributed by atoms with Crippen LogP contribution in [0.5, 0.6) is 0 Å². The minimum atomic E-state index is 0. The van der Waals surface area contributed by atoms with Gasteiger partial charge in [-0.2, -0.15) is 5.10 Å². The second-order valence-electron chi connectivity index (χ2n) is 6.66. The van der Waals surface area contributed by atoms with E-state index in [0.717, 1.165) is 49.0 Å². The summed E-state index contributed by atoms with van der Waals surface area (Å²) in [7, 11) is 1.79. The number of rotatable bonds is 9. The average molecular weight is 519 g/mol. The molecule has 30 heavy (non-hydrogen) atoms. The van der Waals surface area contributed by atoms with Gasteiger partial charge < -0.3 is 15.5 Å². The quantitative estimate of drug-likeness (QED) is 0.174. The van der Waals surface area contributed by atoms with Crippen LogP contribution in [-0.4, -0.2) is 47.8 Å². The number of para-hydroxylation sites is 1. The molecule has 0 saturated heterocycles. The van der Waals surface area contributed by atoms with Crippen molar-refractivity contribution in [2.24, 2.45) is 4.99 Å². The fourth-order valence-electron chi connectivity index (χ4n) is 3.16. The van der Waals surface area contributed by atoms with E-state index in [4.69, 9.17) is 0 Å². The topological polar surface area (TPSA) is 81.2 Å². The van der Waals surface area contributed by atoms with E-state index in [9.17, 15) is 0 Å². The second-order valence-corrected chi connectivity index (χ2v) is 6.66. The van der Waals surface area contributed by atoms with Gasteiger partial charge in [0.05, 0.1) is 0 Å². The number of hydrogen-bond acceptors (Lipinski definition) is 4. The zero-order valence-corrected chi connectivity index (χ0v) is 19.8. The minimum absolute atomic E-state index is 0. The van der Waals surface area contributed by atoms with Gasteiger partial charge >= 0.3 is 0 Å². The number of aromatic amines is 1. The van der Waals surface area contributed by atoms with Crippen molar-refractivity contribution in [2.75, 3.05) is 31.6 Å². The van der Waals surface area contributed by atoms with Crippen molar-refractivity contribution < 1.29 is 0 Å². The molecule has 0 spiro atoms. The lowest BCUT2D eigenvalue weighted by Gasteiger charge is -2.23. The van der Waals surface area contributed by atoms with Gasteiger partial charge in [-0.1, -0.05) is 36.4 Å². The summed E-state index contributed by atoms with van der Waals surface area (Å²) in [6.45, 7) is 5.74. The lowest BCUT2D eigenvalue weighted by molar-refractivity contribution is 0.708. The Balaban J connectivity index is 0.00000320. The highest BCUT2D eigenvalue weighted by Crippen LogP contribution is 2.15. The molecule has 3 N–H and O–H groups in total. The number of aromatic nitrogens is 3. The summed E-state index contributed by atoms with van der Waals surface area (Å²) in [5, 5.41) is 13.6. The van der Waals surface area contributed by atoms with E-state index in [0.29, 0.717) is 6.54 Å². The number of anilines is 1. The number of benzene rings is 2. The molecule has 0 atom stereocenters. The normalized spacial score (nSPS) is 10.9. The van der Waals surface area contributed by atoms with E-state index in [1.807, 2.05) is 12.1 Å². The van der Waals surface area contributed by atoms with Crippen molar-refractivity contribution in [2.45, 2.75) is 19.9 Å². The Kier molecular flexibility index (Phi) is 10.1. The van der Waals surface area contributed by atoms with Crippen LogP contribution < -0.4 is 15.5 Å². The van der Waals surface area contributed by atoms with Crippen LogP contribution in [0.15, 0.2) is 65.9 Å². The molecular weight excluding hydrogens is 489 g/mol. The molecular formula is C22H30IN7. The predicted octanol–water partition coefficient (Wildman–Crippen LogP) is 3.67. The molecule has 2 aromatic carbocycles. The zero-order valence-electron chi connectivity index (χ0n) is 17.5. The molecule has 7 nitrogen and oxygen atoms in total. The van der Waals surface area contributed by atoms with E-state index < -0.39 is 0 Å². The van der Waals surface area contributed by atoms with Crippen molar-refractivity contribution in [3.63, 3.8) is 0 Å². The highest BCUT2D eigenvalue weighted by Gasteiger charge is 2.05. The Morgan fingerprint density at radius 2 is 1.93 bits per heavy atom. The van der Waals surface area contributed by atoms with Crippen LogP contribution in [0.4, 0.5) is 5.69 Å². The first-order chi connectivity index (χ1) is 14.3. The molecule has 0 amide bonds. The number of halogens is 1. The Hall–Kier alpha value is -2.62. The lowest BCUT2D eigenvalue weighted by atomic mass is 10.1. The van der Waals surface area contributed by atoms with Crippen molar-refractivity contribution in [1.82, 2.24) is 25.8 Å². The molecule has 0 fully saturated rings. The number of H-pyrrole nitrogens is 1. The molecule has 0 unspecified atom stereocenters. The van der Waals surface area contributed by atoms with E-state index in [-0.39, 0.29) is 24.0 Å². The Morgan fingerprint density at radius 1 is 1.10 bits per heavy atom. The van der Waals surface area contributed by atoms with Gasteiger partial charge in [0, 0.05) is 44.5 Å². The van der Waals surface area contributed by atoms with E-state index in [2.05, 4.69) is 85.1 Å². The van der Waals surface area contributed by atoms with Gasteiger partial charge in [-0.25, -0.2) is 4.98 Å². The monoisotopic (exact) mass is 519 g/mol. The first kappa shape index (κ1) is 23.7. The highest BCUT2D eigenvalue weighted by atomic mass is 127. The van der Waals surface area contributed by atoms with Crippen molar-refractivity contribution in [3.05, 3.63) is 66.5 Å². The lowest BCUT2D eigenvalue weighted by Crippen LogP contribution is -2.38. The molecule has 1 heterocycles. The Bertz CT molecular complexity index is 882. The zero-order chi connectivity index (χ0) is 20.3. The average Bonchev–Trinajstić information content (AvgIpc) is 3.32. The summed E-state index contributed by atoms with van der Waals surface area (Å²) in [5.41, 5.74) is 3.44. The summed E-state index contributed by atoms with van der Waals surface area (Å²) >= 11 is 0. The third-order valence-corrected chi connectivity index (χ3v) is 4.70. The van der Waals surface area contributed by atoms with Crippen LogP contribution in [0, 0.1) is 0 Å². The maximum atomic E-state index is 4.32. The van der Waals surface area contributed by atoms with E-state index in [1.165, 1.54) is 12.0 Å². The Labute approximate surface area is 195 Å². The molecule has 0 saturated carbocycles. The van der Waals surface area contributed by atoms with Gasteiger partial charge in [-0.3, -0.25) is 10.1 Å². The molecule has 0 aliphatic carbocycles. The van der Waals surface area contributed by atoms with Crippen molar-refractivity contribution in [1.29, 1.82) is 0 Å². The molecule has 3 aromatic rings. The van der Waals surface area contributed by atoms with Crippen LogP contribution in [0.2, 0.25) is 0 Å². The maximum Gasteiger partial charge on any atom is 0.191 e. The standard InChI is InChI=1S/C22H29N7.HI/c1-3-29(20-11-5-4-6-12-20)14-8-13-24-22(23-2)25-16-18-9-7-10-19(15-18)21-26-17-27-28-21;/h4-7,9-12,15,17H,3,8,13-14,16H2,1-2H3,(H2,23,24,25)(H,26,27,28);1H. The van der Waals surface area contributed by atoms with Gasteiger partial charge in [0.2, 0.25) is 0 Å². The van der Waals surface area contributed by atoms with E-state index in [1.54, 1.807) is 7.05 Å². The molecule has 3 rings (SSSR count). The third-order valence-electron chi connectivity index (χ3n) is 4.70. The van der Waals surface area contributed by atoms with Gasteiger partial charge in [-0.15, -0.1) is 24.0 Å². The van der Waals surface area contributed by atoms with Crippen molar-refractivity contribution >= 4 is 35.6 Å². The fraction of sp³-hybridized carbons (Fsp3) is 0.318. The third kappa shape index (κ3) is 7.01. The van der Waals surface area contributed by atoms with Gasteiger partial charge in [-0.05, 0) is 37.1 Å². The van der Waals surface area contributed by atoms with Crippen LogP contribution in [0.1, 0.15) is 18.9 Å². The smallest absolute Gasteiger partial charge is 0.191 e. The van der Waals surface area contributed by atoms with Crippen LogP contribution in [0.3, 0.4) is 0 Å². The van der Waals surface area contributed by atoms with Gasteiger partial charge in [0.25, 0.3) is 0 Å². The molecule has 0 radical (unpaired) electrons. The van der Waals surface area contributed by atoms with Crippen molar-refractivity contribution in [3.8, 4) is 11.4 Å². The second kappa shape index (κ2) is 12.8. The predicted molar refractivity (Wildman–Crippen MR) is 134 cm³/mol. The summed E-state index contributed by atoms with van der Waals surface area (Å²) in [4.78, 5) is 10.9. The highest BCUT2D eigenvalue weighted by molar-refractivity contribution is 14.0. The Morgan fingerprint density at radius 3 is 2.63 bits per heavy atom. The molecule has 0 aliphatic rings. The van der Waals surface area contributed by atoms with Crippen LogP contribution in [-0.2, 0) is 6.54 Å². The number of aliphatic imine (C=N–C) groups is 1. The molecule has 0 aliphatic heterocycles. The fourth-order valence-corrected chi connectivity index (χ4v) is 3.16. The van der Waals surface area contributed by atoms with Crippen LogP contribution in [0.25, 0.3) is 11.4 Å². The largest absolute Gasteiger partial charge is 0.372 e. The first-order valence-corrected chi connectivity index (χ1v) is 9.99. The molecule has 160 valence electrons. The maximum absolute atomic E-state index is 4.32. The summed E-state index contributed by atoms with van der Waals surface area (Å²) in [6, 6.07) is 18.7. The molecule has 0 bridgehead atoms. The van der Waals surface area contributed by atoms with Crippen LogP contribution >= 0.6 is 24.0 Å². The summed E-state index contributed by atoms with van der Waals surface area (Å²) in [6.07, 6.45) is 2.55. The first-order valence-electron chi connectivity index (χ1n) is 9.99. The van der Waals surface area contributed by atoms with Gasteiger partial charge in [0.15, 0.2) is 11.8 Å². The van der Waals surface area contributed by atoms with E-state index >= 15 is 0 Å². The summed E-state index contributed by atoms with van der Waals surface area (Å²) < 4.78 is 0. The number of nitrogens with one attached hydrogen (secondary N) is 3. The minimum Gasteiger partial charge on any atom is -0.372 e. The number of guanidine groups is 1. The molecule has 1 aromatic heterocycles. The molecule has 8 heteroatoms. The number of nitrogens with zero attached hydrogens (tertiary/aromatic N) is 4. The van der Waals surface area contributed by atoms with Gasteiger partial charge in [0.1, 0.15) is 6.33 Å². The number of hydrogen-bond donors (Lipinski definition) is 3. The summed E-state index contributed by atoms with van der Waals surface area (Å²) in [5.74, 6) is 1.58.